The number of hydrogen-bond acceptors (Lipinski definition) is 3. The minimum absolute atomic E-state index is 0.173. The first-order valence-electron chi connectivity index (χ1n) is 6.72. The smallest absolute Gasteiger partial charge is 0.0587 e. The summed E-state index contributed by atoms with van der Waals surface area (Å²) in [5.74, 6) is 2.91. The summed E-state index contributed by atoms with van der Waals surface area (Å²) in [5, 5.41) is 10.3. The number of aryl methyl sites for hydroxylation is 1. The zero-order valence-electron chi connectivity index (χ0n) is 10.9. The lowest BCUT2D eigenvalue weighted by Crippen LogP contribution is -2.28. The highest BCUT2D eigenvalue weighted by atomic mass is 32.2. The summed E-state index contributed by atoms with van der Waals surface area (Å²) in [5.41, 5.74) is 1.33. The fraction of sp³-hybridized carbons (Fsp3) is 0.600. The first-order valence-corrected chi connectivity index (χ1v) is 8.82. The Balaban J connectivity index is 1.78. The molecule has 2 rings (SSSR count). The van der Waals surface area contributed by atoms with Crippen LogP contribution in [-0.4, -0.2) is 27.3 Å². The van der Waals surface area contributed by atoms with E-state index in [2.05, 4.69) is 31.2 Å². The molecule has 2 atom stereocenters. The van der Waals surface area contributed by atoms with E-state index in [1.165, 1.54) is 23.5 Å². The van der Waals surface area contributed by atoms with Gasteiger partial charge >= 0.3 is 0 Å². The highest BCUT2D eigenvalue weighted by molar-refractivity contribution is 8.17. The minimum atomic E-state index is -0.173. The summed E-state index contributed by atoms with van der Waals surface area (Å²) < 4.78 is 0.588. The Bertz CT molecular complexity index is 336. The average molecular weight is 282 g/mol. The molecular weight excluding hydrogens is 260 g/mol. The molecule has 100 valence electrons. The lowest BCUT2D eigenvalue weighted by molar-refractivity contribution is 0.115. The molecule has 1 fully saturated rings. The van der Waals surface area contributed by atoms with Crippen LogP contribution in [0.3, 0.4) is 0 Å². The molecule has 0 unspecified atom stereocenters. The van der Waals surface area contributed by atoms with Crippen molar-refractivity contribution in [1.82, 2.24) is 0 Å². The van der Waals surface area contributed by atoms with Crippen molar-refractivity contribution in [2.75, 3.05) is 11.5 Å². The molecular formula is C15H22OS2. The van der Waals surface area contributed by atoms with Crippen LogP contribution in [0.25, 0.3) is 0 Å². The molecule has 18 heavy (non-hydrogen) atoms. The number of aliphatic hydroxyl groups excluding tert-OH is 1. The number of hydrogen-bond donors (Lipinski definition) is 1. The molecule has 1 aliphatic heterocycles. The van der Waals surface area contributed by atoms with Gasteiger partial charge in [0.1, 0.15) is 0 Å². The first-order chi connectivity index (χ1) is 8.77. The second kappa shape index (κ2) is 7.46. The number of thioether (sulfide) groups is 2. The van der Waals surface area contributed by atoms with Gasteiger partial charge in [0.25, 0.3) is 0 Å². The maximum atomic E-state index is 10.3. The van der Waals surface area contributed by atoms with Crippen molar-refractivity contribution in [2.45, 2.75) is 36.9 Å². The van der Waals surface area contributed by atoms with E-state index < -0.39 is 0 Å². The fourth-order valence-corrected chi connectivity index (χ4v) is 5.41. The monoisotopic (exact) mass is 282 g/mol. The predicted octanol–water partition coefficient (Wildman–Crippen LogP) is 3.81. The van der Waals surface area contributed by atoms with E-state index in [1.807, 2.05) is 29.6 Å². The van der Waals surface area contributed by atoms with E-state index in [9.17, 15) is 5.11 Å². The normalized spacial score (nSPS) is 20.6. The minimum Gasteiger partial charge on any atom is -0.393 e. The highest BCUT2D eigenvalue weighted by Crippen LogP contribution is 2.37. The third-order valence-electron chi connectivity index (χ3n) is 3.46. The summed E-state index contributed by atoms with van der Waals surface area (Å²) in [6, 6.07) is 10.5. The predicted molar refractivity (Wildman–Crippen MR) is 83.3 cm³/mol. The van der Waals surface area contributed by atoms with Gasteiger partial charge in [-0.2, -0.15) is 0 Å². The Morgan fingerprint density at radius 1 is 1.22 bits per heavy atom. The van der Waals surface area contributed by atoms with Crippen LogP contribution in [0.15, 0.2) is 30.3 Å². The van der Waals surface area contributed by atoms with Crippen molar-refractivity contribution < 1.29 is 5.11 Å². The van der Waals surface area contributed by atoms with E-state index in [0.717, 1.165) is 12.8 Å². The summed E-state index contributed by atoms with van der Waals surface area (Å²) in [4.78, 5) is 0. The third-order valence-corrected chi connectivity index (χ3v) is 6.84. The van der Waals surface area contributed by atoms with E-state index in [-0.39, 0.29) is 6.10 Å². The van der Waals surface area contributed by atoms with Gasteiger partial charge < -0.3 is 5.11 Å². The summed E-state index contributed by atoms with van der Waals surface area (Å²) >= 11 is 4.05. The molecule has 0 radical (unpaired) electrons. The molecule has 1 N–H and O–H groups in total. The van der Waals surface area contributed by atoms with Gasteiger partial charge in [0, 0.05) is 5.92 Å². The summed E-state index contributed by atoms with van der Waals surface area (Å²) in [7, 11) is 0. The molecule has 1 aliphatic rings. The van der Waals surface area contributed by atoms with Crippen molar-refractivity contribution in [3.63, 3.8) is 0 Å². The van der Waals surface area contributed by atoms with Crippen molar-refractivity contribution in [3.8, 4) is 0 Å². The van der Waals surface area contributed by atoms with Crippen LogP contribution in [0.1, 0.15) is 25.3 Å². The van der Waals surface area contributed by atoms with Crippen molar-refractivity contribution >= 4 is 23.5 Å². The number of benzene rings is 1. The van der Waals surface area contributed by atoms with Gasteiger partial charge in [0.05, 0.1) is 10.7 Å². The molecule has 3 heteroatoms. The lowest BCUT2D eigenvalue weighted by atomic mass is 9.99. The molecule has 0 aromatic heterocycles. The Morgan fingerprint density at radius 3 is 2.56 bits per heavy atom. The zero-order valence-corrected chi connectivity index (χ0v) is 12.6. The van der Waals surface area contributed by atoms with Gasteiger partial charge in [-0.15, -0.1) is 23.5 Å². The maximum absolute atomic E-state index is 10.3. The van der Waals surface area contributed by atoms with E-state index in [4.69, 9.17) is 0 Å². The van der Waals surface area contributed by atoms with Crippen LogP contribution in [0.2, 0.25) is 0 Å². The van der Waals surface area contributed by atoms with Crippen LogP contribution in [0.5, 0.6) is 0 Å². The average Bonchev–Trinajstić information content (AvgIpc) is 2.46. The Kier molecular flexibility index (Phi) is 5.93. The maximum Gasteiger partial charge on any atom is 0.0587 e. The molecule has 0 amide bonds. The summed E-state index contributed by atoms with van der Waals surface area (Å²) in [6.07, 6.45) is 3.00. The van der Waals surface area contributed by atoms with Gasteiger partial charge in [-0.05, 0) is 36.3 Å². The molecule has 1 aromatic carbocycles. The van der Waals surface area contributed by atoms with Gasteiger partial charge in [-0.1, -0.05) is 37.3 Å². The van der Waals surface area contributed by atoms with E-state index >= 15 is 0 Å². The Morgan fingerprint density at radius 2 is 1.89 bits per heavy atom. The Hall–Kier alpha value is -0.120. The molecule has 1 heterocycles. The quantitative estimate of drug-likeness (QED) is 0.887. The largest absolute Gasteiger partial charge is 0.393 e. The molecule has 1 nitrogen and oxygen atoms in total. The van der Waals surface area contributed by atoms with Gasteiger partial charge in [-0.3, -0.25) is 0 Å². The van der Waals surface area contributed by atoms with Crippen LogP contribution < -0.4 is 0 Å². The zero-order chi connectivity index (χ0) is 12.8. The molecule has 0 spiro atoms. The SMILES string of the molecule is C[C@@H](C1SCCCS1)[C@@H](O)CCc1ccccc1. The van der Waals surface area contributed by atoms with Crippen LogP contribution in [-0.2, 0) is 6.42 Å². The topological polar surface area (TPSA) is 20.2 Å². The van der Waals surface area contributed by atoms with E-state index in [0.29, 0.717) is 10.5 Å². The molecule has 0 bridgehead atoms. The Labute approximate surface area is 119 Å². The molecule has 0 saturated carbocycles. The fourth-order valence-electron chi connectivity index (χ4n) is 2.21. The van der Waals surface area contributed by atoms with Gasteiger partial charge in [-0.25, -0.2) is 0 Å². The van der Waals surface area contributed by atoms with Crippen molar-refractivity contribution in [3.05, 3.63) is 35.9 Å². The number of aliphatic hydroxyl groups is 1. The lowest BCUT2D eigenvalue weighted by Gasteiger charge is -2.30. The van der Waals surface area contributed by atoms with Crippen molar-refractivity contribution in [2.24, 2.45) is 5.92 Å². The molecule has 1 aromatic rings. The number of rotatable bonds is 5. The highest BCUT2D eigenvalue weighted by Gasteiger charge is 2.26. The third kappa shape index (κ3) is 4.22. The van der Waals surface area contributed by atoms with E-state index in [1.54, 1.807) is 0 Å². The summed E-state index contributed by atoms with van der Waals surface area (Å²) in [6.45, 7) is 2.20. The van der Waals surface area contributed by atoms with Crippen LogP contribution in [0, 0.1) is 5.92 Å². The van der Waals surface area contributed by atoms with Gasteiger partial charge in [0.2, 0.25) is 0 Å². The van der Waals surface area contributed by atoms with Crippen molar-refractivity contribution in [1.29, 1.82) is 0 Å². The standard InChI is InChI=1S/C15H22OS2/c1-12(15-17-10-5-11-18-15)14(16)9-8-13-6-3-2-4-7-13/h2-4,6-7,12,14-16H,5,8-11H2,1H3/t12-,14+/m1/s1. The second-order valence-electron chi connectivity index (χ2n) is 4.91. The van der Waals surface area contributed by atoms with Gasteiger partial charge in [0.15, 0.2) is 0 Å². The first kappa shape index (κ1) is 14.3. The van der Waals surface area contributed by atoms with Crippen LogP contribution in [0.4, 0.5) is 0 Å². The van der Waals surface area contributed by atoms with Crippen LogP contribution >= 0.6 is 23.5 Å². The molecule has 1 saturated heterocycles. The second-order valence-corrected chi connectivity index (χ2v) is 7.71. The molecule has 0 aliphatic carbocycles.